The molecule has 0 aliphatic carbocycles. The van der Waals surface area contributed by atoms with Crippen molar-refractivity contribution in [3.8, 4) is 5.75 Å². The maximum atomic E-state index is 6.19. The first-order valence-electron chi connectivity index (χ1n) is 11.2. The Morgan fingerprint density at radius 1 is 0.903 bits per heavy atom. The van der Waals surface area contributed by atoms with Crippen LogP contribution in [0.4, 0.5) is 0 Å². The Morgan fingerprint density at radius 3 is 1.77 bits per heavy atom. The van der Waals surface area contributed by atoms with Crippen molar-refractivity contribution in [2.24, 2.45) is 26.2 Å². The molecule has 1 aromatic carbocycles. The Kier molecular flexibility index (Phi) is 6.54. The van der Waals surface area contributed by atoms with Gasteiger partial charge in [0.2, 0.25) is 0 Å². The fourth-order valence-electron chi connectivity index (χ4n) is 3.75. The van der Waals surface area contributed by atoms with E-state index in [4.69, 9.17) is 24.2 Å². The van der Waals surface area contributed by atoms with Crippen LogP contribution in [-0.2, 0) is 15.9 Å². The number of nitrogens with zero attached hydrogens (tertiary/aromatic N) is 2. The van der Waals surface area contributed by atoms with Crippen molar-refractivity contribution in [2.45, 2.75) is 67.0 Å². The predicted octanol–water partition coefficient (Wildman–Crippen LogP) is 5.49. The van der Waals surface area contributed by atoms with Gasteiger partial charge in [0.1, 0.15) is 31.0 Å². The number of hydrogen-bond acceptors (Lipinski definition) is 5. The lowest BCUT2D eigenvalue weighted by Gasteiger charge is -2.28. The summed E-state index contributed by atoms with van der Waals surface area (Å²) in [5.74, 6) is 2.29. The summed E-state index contributed by atoms with van der Waals surface area (Å²) in [7, 11) is 0. The van der Waals surface area contributed by atoms with Gasteiger partial charge in [-0.15, -0.1) is 0 Å². The summed E-state index contributed by atoms with van der Waals surface area (Å²) >= 11 is 0. The van der Waals surface area contributed by atoms with Crippen molar-refractivity contribution in [1.29, 1.82) is 0 Å². The number of ether oxygens (including phenoxy) is 3. The molecular formula is C26H38N2O3. The molecule has 0 fully saturated rings. The van der Waals surface area contributed by atoms with Crippen LogP contribution in [0.1, 0.15) is 54.0 Å². The zero-order chi connectivity index (χ0) is 22.9. The zero-order valence-electron chi connectivity index (χ0n) is 20.2. The minimum atomic E-state index is -0.552. The van der Waals surface area contributed by atoms with Crippen molar-refractivity contribution in [3.63, 3.8) is 0 Å². The molecule has 2 aliphatic heterocycles. The fourth-order valence-corrected chi connectivity index (χ4v) is 3.75. The number of rotatable bonds is 7. The Hall–Kier alpha value is -2.30. The molecule has 170 valence electrons. The smallest absolute Gasteiger partial charge is 0.199 e. The number of aliphatic imine (C=N–C) groups is 2. The van der Waals surface area contributed by atoms with E-state index in [2.05, 4.69) is 67.2 Å². The van der Waals surface area contributed by atoms with Gasteiger partial charge in [0.05, 0.1) is 12.1 Å². The van der Waals surface area contributed by atoms with Crippen molar-refractivity contribution in [3.05, 3.63) is 42.5 Å². The van der Waals surface area contributed by atoms with E-state index < -0.39 is 5.41 Å². The van der Waals surface area contributed by atoms with Gasteiger partial charge in [-0.25, -0.2) is 9.98 Å². The number of hydrogen-bond donors (Lipinski definition) is 0. The Labute approximate surface area is 187 Å². The maximum absolute atomic E-state index is 6.19. The number of benzene rings is 1. The topological polar surface area (TPSA) is 52.4 Å². The highest BCUT2D eigenvalue weighted by atomic mass is 16.5. The third-order valence-corrected chi connectivity index (χ3v) is 6.09. The van der Waals surface area contributed by atoms with E-state index >= 15 is 0 Å². The van der Waals surface area contributed by atoms with Gasteiger partial charge in [0, 0.05) is 0 Å². The van der Waals surface area contributed by atoms with E-state index in [0.717, 1.165) is 23.1 Å². The molecule has 0 unspecified atom stereocenters. The molecule has 2 atom stereocenters. The van der Waals surface area contributed by atoms with E-state index in [1.807, 2.05) is 12.1 Å². The van der Waals surface area contributed by atoms with Crippen LogP contribution in [0.2, 0.25) is 0 Å². The lowest BCUT2D eigenvalue weighted by atomic mass is 9.82. The average molecular weight is 427 g/mol. The minimum absolute atomic E-state index is 0.0408. The quantitative estimate of drug-likeness (QED) is 0.542. The molecule has 0 N–H and O–H groups in total. The molecule has 0 bridgehead atoms. The molecule has 5 nitrogen and oxygen atoms in total. The lowest BCUT2D eigenvalue weighted by Crippen LogP contribution is -2.39. The molecule has 3 rings (SSSR count). The summed E-state index contributed by atoms with van der Waals surface area (Å²) in [6, 6.07) is 8.40. The van der Waals surface area contributed by atoms with Crippen LogP contribution in [0.15, 0.2) is 46.9 Å². The predicted molar refractivity (Wildman–Crippen MR) is 127 cm³/mol. The molecule has 0 spiro atoms. The third-order valence-electron chi connectivity index (χ3n) is 6.09. The summed E-state index contributed by atoms with van der Waals surface area (Å²) in [4.78, 5) is 10.0. The van der Waals surface area contributed by atoms with E-state index in [1.54, 1.807) is 6.08 Å². The second-order valence-electron chi connectivity index (χ2n) is 11.0. The van der Waals surface area contributed by atoms with E-state index in [1.165, 1.54) is 0 Å². The normalized spacial score (nSPS) is 21.8. The van der Waals surface area contributed by atoms with E-state index in [0.29, 0.717) is 26.2 Å². The summed E-state index contributed by atoms with van der Waals surface area (Å²) in [6.45, 7) is 20.7. The Balaban J connectivity index is 1.93. The fraction of sp³-hybridized carbons (Fsp3) is 0.615. The molecule has 2 heterocycles. The summed E-state index contributed by atoms with van der Waals surface area (Å²) in [6.07, 6.45) is 2.44. The van der Waals surface area contributed by atoms with Gasteiger partial charge in [0.25, 0.3) is 0 Å². The zero-order valence-corrected chi connectivity index (χ0v) is 20.2. The third kappa shape index (κ3) is 5.31. The first kappa shape index (κ1) is 23.4. The molecule has 31 heavy (non-hydrogen) atoms. The molecule has 0 saturated heterocycles. The Morgan fingerprint density at radius 2 is 1.39 bits per heavy atom. The lowest BCUT2D eigenvalue weighted by molar-refractivity contribution is 0.210. The van der Waals surface area contributed by atoms with Crippen LogP contribution in [0.5, 0.6) is 5.75 Å². The van der Waals surface area contributed by atoms with Crippen LogP contribution in [0.3, 0.4) is 0 Å². The summed E-state index contributed by atoms with van der Waals surface area (Å²) < 4.78 is 18.0. The van der Waals surface area contributed by atoms with E-state index in [9.17, 15) is 0 Å². The first-order valence-corrected chi connectivity index (χ1v) is 11.2. The Bertz CT molecular complexity index is 801. The van der Waals surface area contributed by atoms with Crippen molar-refractivity contribution >= 4 is 11.8 Å². The van der Waals surface area contributed by atoms with Gasteiger partial charge in [-0.3, -0.25) is 0 Å². The molecule has 1 aromatic rings. The monoisotopic (exact) mass is 426 g/mol. The first-order chi connectivity index (χ1) is 14.4. The summed E-state index contributed by atoms with van der Waals surface area (Å²) in [5.41, 5.74) is 0.686. The molecule has 0 aromatic heterocycles. The highest BCUT2D eigenvalue weighted by Gasteiger charge is 2.47. The standard InChI is InChI=1S/C26H38N2O3/c1-9-14-29-19-12-10-18(11-13-19)15-26(8,22-27-20(16-30-22)24(2,3)4)23-28-21(17-31-23)25(5,6)7/h9-13,20-21H,1,14-17H2,2-8H3/t20-,21-/m1/s1. The average Bonchev–Trinajstić information content (AvgIpc) is 3.37. The van der Waals surface area contributed by atoms with Gasteiger partial charge in [-0.1, -0.05) is 66.3 Å². The van der Waals surface area contributed by atoms with Crippen molar-refractivity contribution < 1.29 is 14.2 Å². The van der Waals surface area contributed by atoms with Gasteiger partial charge in [-0.05, 0) is 41.9 Å². The minimum Gasteiger partial charge on any atom is -0.490 e. The van der Waals surface area contributed by atoms with Crippen LogP contribution >= 0.6 is 0 Å². The second-order valence-corrected chi connectivity index (χ2v) is 11.0. The maximum Gasteiger partial charge on any atom is 0.199 e. The van der Waals surface area contributed by atoms with Crippen LogP contribution in [0, 0.1) is 16.2 Å². The van der Waals surface area contributed by atoms with Crippen molar-refractivity contribution in [1.82, 2.24) is 0 Å². The van der Waals surface area contributed by atoms with Gasteiger partial charge in [0.15, 0.2) is 11.8 Å². The van der Waals surface area contributed by atoms with Crippen LogP contribution in [0.25, 0.3) is 0 Å². The molecule has 2 aliphatic rings. The van der Waals surface area contributed by atoms with Crippen molar-refractivity contribution in [2.75, 3.05) is 19.8 Å². The summed E-state index contributed by atoms with van der Waals surface area (Å²) in [5, 5.41) is 0. The molecule has 0 saturated carbocycles. The molecule has 5 heteroatoms. The highest BCUT2D eigenvalue weighted by molar-refractivity contribution is 6.06. The van der Waals surface area contributed by atoms with E-state index in [-0.39, 0.29) is 22.9 Å². The van der Waals surface area contributed by atoms with Crippen LogP contribution in [-0.4, -0.2) is 43.7 Å². The van der Waals surface area contributed by atoms with Gasteiger partial charge in [-0.2, -0.15) is 0 Å². The molecule has 0 radical (unpaired) electrons. The SMILES string of the molecule is C=CCOc1ccc(CC(C)(C2=N[C@@H](C(C)(C)C)CO2)C2=N[C@@H](C(C)(C)C)CO2)cc1. The second kappa shape index (κ2) is 8.68. The van der Waals surface area contributed by atoms with Gasteiger partial charge < -0.3 is 14.2 Å². The van der Waals surface area contributed by atoms with Crippen LogP contribution < -0.4 is 4.74 Å². The molecule has 0 amide bonds. The van der Waals surface area contributed by atoms with Gasteiger partial charge >= 0.3 is 0 Å². The highest BCUT2D eigenvalue weighted by Crippen LogP contribution is 2.38. The largest absolute Gasteiger partial charge is 0.490 e. The molecular weight excluding hydrogens is 388 g/mol.